The first-order chi connectivity index (χ1) is 13.8. The lowest BCUT2D eigenvalue weighted by molar-refractivity contribution is 0.0600. The van der Waals surface area contributed by atoms with E-state index >= 15 is 0 Å². The second-order valence-corrected chi connectivity index (χ2v) is 7.98. The quantitative estimate of drug-likeness (QED) is 0.491. The molecule has 0 fully saturated rings. The van der Waals surface area contributed by atoms with Gasteiger partial charge >= 0.3 is 5.97 Å². The molecule has 0 radical (unpaired) electrons. The molecule has 3 rings (SSSR count). The van der Waals surface area contributed by atoms with Crippen LogP contribution in [-0.2, 0) is 11.2 Å². The Morgan fingerprint density at radius 2 is 1.72 bits per heavy atom. The Balaban J connectivity index is 1.93. The van der Waals surface area contributed by atoms with E-state index in [2.05, 4.69) is 19.9 Å². The summed E-state index contributed by atoms with van der Waals surface area (Å²) in [6, 6.07) is 11.1. The number of fused-ring (bicyclic) bond motifs is 1. The maximum Gasteiger partial charge on any atom is 0.337 e. The molecule has 0 aliphatic heterocycles. The van der Waals surface area contributed by atoms with Crippen LogP contribution in [0.1, 0.15) is 77.4 Å². The molecule has 4 nitrogen and oxygen atoms in total. The molecule has 0 saturated heterocycles. The number of rotatable bonds is 5. The number of esters is 1. The zero-order chi connectivity index (χ0) is 21.1. The Morgan fingerprint density at radius 3 is 2.31 bits per heavy atom. The van der Waals surface area contributed by atoms with Gasteiger partial charge in [0.1, 0.15) is 5.75 Å². The molecular weight excluding hydrogens is 364 g/mol. The van der Waals surface area contributed by atoms with E-state index in [9.17, 15) is 9.59 Å². The highest BCUT2D eigenvalue weighted by atomic mass is 16.5. The maximum atomic E-state index is 13.2. The fourth-order valence-electron chi connectivity index (χ4n) is 3.60. The number of hydrogen-bond donors (Lipinski definition) is 0. The van der Waals surface area contributed by atoms with Gasteiger partial charge in [-0.25, -0.2) is 4.79 Å². The second-order valence-electron chi connectivity index (χ2n) is 7.98. The predicted octanol–water partition coefficient (Wildman–Crippen LogP) is 5.60. The average molecular weight is 392 g/mol. The van der Waals surface area contributed by atoms with Crippen LogP contribution in [-0.4, -0.2) is 25.0 Å². The fraction of sp³-hybridized carbons (Fsp3) is 0.360. The lowest BCUT2D eigenvalue weighted by atomic mass is 9.83. The normalized spacial score (nSPS) is 15.0. The number of allylic oxidation sites excluding steroid dienone is 1. The third-order valence-corrected chi connectivity index (χ3v) is 5.09. The summed E-state index contributed by atoms with van der Waals surface area (Å²) in [5.41, 5.74) is 5.13. The average Bonchev–Trinajstić information content (AvgIpc) is 2.69. The van der Waals surface area contributed by atoms with Crippen LogP contribution < -0.4 is 4.74 Å². The zero-order valence-electron chi connectivity index (χ0n) is 17.7. The summed E-state index contributed by atoms with van der Waals surface area (Å²) >= 11 is 0. The summed E-state index contributed by atoms with van der Waals surface area (Å²) in [5.74, 6) is 0.804. The van der Waals surface area contributed by atoms with E-state index in [1.165, 1.54) is 7.11 Å². The monoisotopic (exact) mass is 392 g/mol. The number of ether oxygens (including phenoxy) is 2. The Kier molecular flexibility index (Phi) is 6.21. The van der Waals surface area contributed by atoms with Crippen LogP contribution in [0.15, 0.2) is 42.0 Å². The van der Waals surface area contributed by atoms with Gasteiger partial charge in [-0.1, -0.05) is 32.0 Å². The Labute approximate surface area is 172 Å². The zero-order valence-corrected chi connectivity index (χ0v) is 17.7. The van der Waals surface area contributed by atoms with E-state index in [1.54, 1.807) is 12.1 Å². The summed E-state index contributed by atoms with van der Waals surface area (Å²) < 4.78 is 10.7. The first-order valence-electron chi connectivity index (χ1n) is 10.1. The molecule has 1 aliphatic carbocycles. The largest absolute Gasteiger partial charge is 0.491 e. The summed E-state index contributed by atoms with van der Waals surface area (Å²) in [6.45, 7) is 8.27. The molecule has 0 aromatic heterocycles. The maximum absolute atomic E-state index is 13.2. The molecule has 0 unspecified atom stereocenters. The minimum Gasteiger partial charge on any atom is -0.491 e. The number of methoxy groups -OCH3 is 1. The highest BCUT2D eigenvalue weighted by molar-refractivity contribution is 6.13. The van der Waals surface area contributed by atoms with Crippen molar-refractivity contribution in [1.29, 1.82) is 0 Å². The Morgan fingerprint density at radius 1 is 1.03 bits per heavy atom. The number of Topliss-reactive ketones (excluding diaryl/α,β-unsaturated/α-hetero) is 1. The molecule has 4 heteroatoms. The number of benzene rings is 2. The Bertz CT molecular complexity index is 950. The van der Waals surface area contributed by atoms with E-state index in [1.807, 2.05) is 38.1 Å². The molecule has 1 aliphatic rings. The molecule has 0 saturated carbocycles. The van der Waals surface area contributed by atoms with E-state index in [0.29, 0.717) is 17.9 Å². The van der Waals surface area contributed by atoms with E-state index in [0.717, 1.165) is 40.0 Å². The van der Waals surface area contributed by atoms with Gasteiger partial charge < -0.3 is 9.47 Å². The van der Waals surface area contributed by atoms with Crippen LogP contribution in [0.5, 0.6) is 5.75 Å². The van der Waals surface area contributed by atoms with Crippen molar-refractivity contribution in [2.24, 2.45) is 0 Å². The highest BCUT2D eigenvalue weighted by Crippen LogP contribution is 2.35. The second kappa shape index (κ2) is 8.64. The molecule has 2 aromatic carbocycles. The number of carbonyl (C=O) groups excluding carboxylic acids is 2. The van der Waals surface area contributed by atoms with Crippen LogP contribution in [0.3, 0.4) is 0 Å². The van der Waals surface area contributed by atoms with Crippen molar-refractivity contribution < 1.29 is 19.1 Å². The molecule has 152 valence electrons. The Hall–Kier alpha value is -2.88. The molecule has 29 heavy (non-hydrogen) atoms. The van der Waals surface area contributed by atoms with Gasteiger partial charge in [0, 0.05) is 11.1 Å². The number of aryl methyl sites for hydroxylation is 1. The van der Waals surface area contributed by atoms with Gasteiger partial charge in [-0.15, -0.1) is 0 Å². The predicted molar refractivity (Wildman–Crippen MR) is 115 cm³/mol. The van der Waals surface area contributed by atoms with Crippen molar-refractivity contribution in [3.63, 3.8) is 0 Å². The SMILES string of the molecule is COC(=O)c1ccc(/C=C2\CCc3cc(C(C)C)c(OC(C)C)cc3C2=O)cc1. The van der Waals surface area contributed by atoms with E-state index in [-0.39, 0.29) is 17.9 Å². The third kappa shape index (κ3) is 4.58. The molecular formula is C25H28O4. The summed E-state index contributed by atoms with van der Waals surface area (Å²) in [4.78, 5) is 24.7. The molecule has 0 heterocycles. The molecule has 0 atom stereocenters. The third-order valence-electron chi connectivity index (χ3n) is 5.09. The van der Waals surface area contributed by atoms with Gasteiger partial charge in [0.2, 0.25) is 0 Å². The van der Waals surface area contributed by atoms with Gasteiger partial charge in [0.25, 0.3) is 0 Å². The first kappa shape index (κ1) is 20.8. The van der Waals surface area contributed by atoms with Crippen LogP contribution >= 0.6 is 0 Å². The van der Waals surface area contributed by atoms with Crippen molar-refractivity contribution in [1.82, 2.24) is 0 Å². The smallest absolute Gasteiger partial charge is 0.337 e. The fourth-order valence-corrected chi connectivity index (χ4v) is 3.60. The summed E-state index contributed by atoms with van der Waals surface area (Å²) in [7, 11) is 1.36. The van der Waals surface area contributed by atoms with Gasteiger partial charge in [-0.2, -0.15) is 0 Å². The van der Waals surface area contributed by atoms with Crippen molar-refractivity contribution in [3.8, 4) is 5.75 Å². The molecule has 2 aromatic rings. The number of hydrogen-bond acceptors (Lipinski definition) is 4. The van der Waals surface area contributed by atoms with Gasteiger partial charge in [-0.3, -0.25) is 4.79 Å². The molecule has 0 spiro atoms. The molecule has 0 amide bonds. The van der Waals surface area contributed by atoms with Gasteiger partial charge in [-0.05, 0) is 73.6 Å². The minimum absolute atomic E-state index is 0.0483. The van der Waals surface area contributed by atoms with Crippen molar-refractivity contribution in [3.05, 3.63) is 69.8 Å². The van der Waals surface area contributed by atoms with Crippen LogP contribution in [0.2, 0.25) is 0 Å². The van der Waals surface area contributed by atoms with Crippen LogP contribution in [0, 0.1) is 0 Å². The lowest BCUT2D eigenvalue weighted by Gasteiger charge is -2.23. The topological polar surface area (TPSA) is 52.6 Å². The van der Waals surface area contributed by atoms with Crippen molar-refractivity contribution in [2.75, 3.05) is 7.11 Å². The van der Waals surface area contributed by atoms with Gasteiger partial charge in [0.15, 0.2) is 5.78 Å². The van der Waals surface area contributed by atoms with Crippen LogP contribution in [0.25, 0.3) is 6.08 Å². The summed E-state index contributed by atoms with van der Waals surface area (Å²) in [5, 5.41) is 0. The first-order valence-corrected chi connectivity index (χ1v) is 10.1. The van der Waals surface area contributed by atoms with E-state index in [4.69, 9.17) is 9.47 Å². The van der Waals surface area contributed by atoms with Gasteiger partial charge in [0.05, 0.1) is 18.8 Å². The standard InChI is InChI=1S/C25H28O4/c1-15(2)21-13-19-10-11-20(24(26)22(19)14-23(21)29-16(3)4)12-17-6-8-18(9-7-17)25(27)28-5/h6-9,12-16H,10-11H2,1-5H3/b20-12+. The summed E-state index contributed by atoms with van der Waals surface area (Å²) in [6.07, 6.45) is 3.49. The van der Waals surface area contributed by atoms with Crippen molar-refractivity contribution in [2.45, 2.75) is 52.6 Å². The highest BCUT2D eigenvalue weighted by Gasteiger charge is 2.25. The molecule has 0 bridgehead atoms. The minimum atomic E-state index is -0.370. The number of carbonyl (C=O) groups is 2. The van der Waals surface area contributed by atoms with Crippen LogP contribution in [0.4, 0.5) is 0 Å². The number of ketones is 1. The van der Waals surface area contributed by atoms with E-state index < -0.39 is 0 Å². The van der Waals surface area contributed by atoms with Crippen molar-refractivity contribution >= 4 is 17.8 Å². The lowest BCUT2D eigenvalue weighted by Crippen LogP contribution is -2.17. The molecule has 0 N–H and O–H groups in total.